The number of benzene rings is 1. The van der Waals surface area contributed by atoms with Gasteiger partial charge < -0.3 is 26.0 Å². The molecule has 2 amide bonds. The fraction of sp³-hybridized carbons (Fsp3) is 0.448. The molecule has 0 radical (unpaired) electrons. The molecule has 5 N–H and O–H groups in total. The number of amides is 2. The molecule has 1 aromatic heterocycles. The lowest BCUT2D eigenvalue weighted by Crippen LogP contribution is -2.51. The van der Waals surface area contributed by atoms with E-state index in [4.69, 9.17) is 10.2 Å². The van der Waals surface area contributed by atoms with Crippen molar-refractivity contribution in [2.75, 3.05) is 6.54 Å². The second kappa shape index (κ2) is 18.1. The number of ketones is 1. The average Bonchev–Trinajstić information content (AvgIpc) is 2.93. The van der Waals surface area contributed by atoms with E-state index in [-0.39, 0.29) is 31.5 Å². The number of carbonyl (C=O) groups is 5. The maximum Gasteiger partial charge on any atom is 0.326 e. The number of hydrogen-bond acceptors (Lipinski definition) is 7. The Morgan fingerprint density at radius 1 is 0.732 bits per heavy atom. The predicted octanol–water partition coefficient (Wildman–Crippen LogP) is 3.06. The van der Waals surface area contributed by atoms with Gasteiger partial charge in [0.25, 0.3) is 0 Å². The highest BCUT2D eigenvalue weighted by Gasteiger charge is 2.25. The van der Waals surface area contributed by atoms with Gasteiger partial charge in [-0.3, -0.25) is 19.5 Å². The normalized spacial score (nSPS) is 12.3. The topological polar surface area (TPSA) is 186 Å². The van der Waals surface area contributed by atoms with Crippen molar-refractivity contribution in [2.45, 2.75) is 76.5 Å². The summed E-state index contributed by atoms with van der Waals surface area (Å²) in [5.74, 6) is -4.16. The summed E-state index contributed by atoms with van der Waals surface area (Å²) in [6, 6.07) is 12.0. The van der Waals surface area contributed by atoms with E-state index in [9.17, 15) is 29.1 Å². The first-order chi connectivity index (χ1) is 19.6. The van der Waals surface area contributed by atoms with E-state index in [1.54, 1.807) is 6.20 Å². The fourth-order valence-corrected chi connectivity index (χ4v) is 4.18. The van der Waals surface area contributed by atoms with Crippen LogP contribution in [-0.2, 0) is 32.3 Å². The molecule has 0 aliphatic heterocycles. The van der Waals surface area contributed by atoms with Gasteiger partial charge >= 0.3 is 23.9 Å². The van der Waals surface area contributed by atoms with E-state index in [0.29, 0.717) is 13.0 Å². The van der Waals surface area contributed by atoms with Gasteiger partial charge in [0.2, 0.25) is 0 Å². The Morgan fingerprint density at radius 3 is 1.95 bits per heavy atom. The molecule has 0 fully saturated rings. The van der Waals surface area contributed by atoms with Gasteiger partial charge in [-0.25, -0.2) is 14.4 Å². The Morgan fingerprint density at radius 2 is 1.37 bits per heavy atom. The van der Waals surface area contributed by atoms with Crippen LogP contribution < -0.4 is 10.6 Å². The van der Waals surface area contributed by atoms with Crippen molar-refractivity contribution in [3.8, 4) is 0 Å². The van der Waals surface area contributed by atoms with Crippen LogP contribution in [0.5, 0.6) is 0 Å². The quantitative estimate of drug-likeness (QED) is 0.148. The summed E-state index contributed by atoms with van der Waals surface area (Å²) in [6.45, 7) is 2.31. The van der Waals surface area contributed by atoms with Crippen LogP contribution in [0.25, 0.3) is 0 Å². The number of aliphatic carboxylic acids is 3. The molecular weight excluding hydrogens is 532 g/mol. The minimum Gasteiger partial charge on any atom is -0.481 e. The lowest BCUT2D eigenvalue weighted by Gasteiger charge is -2.22. The average molecular weight is 571 g/mol. The van der Waals surface area contributed by atoms with Crippen LogP contribution in [0.2, 0.25) is 0 Å². The van der Waals surface area contributed by atoms with Crippen LogP contribution >= 0.6 is 0 Å². The summed E-state index contributed by atoms with van der Waals surface area (Å²) in [7, 11) is 0. The molecule has 2 aromatic rings. The lowest BCUT2D eigenvalue weighted by atomic mass is 10.0. The number of carbonyl (C=O) groups excluding carboxylic acids is 2. The molecule has 0 spiro atoms. The number of carboxylic acids is 3. The summed E-state index contributed by atoms with van der Waals surface area (Å²) >= 11 is 0. The molecule has 0 aliphatic rings. The predicted molar refractivity (Wildman–Crippen MR) is 149 cm³/mol. The van der Waals surface area contributed by atoms with E-state index in [1.165, 1.54) is 5.56 Å². The molecular formula is C29H38N4O8. The van der Waals surface area contributed by atoms with Crippen molar-refractivity contribution in [3.05, 3.63) is 66.0 Å². The van der Waals surface area contributed by atoms with Gasteiger partial charge in [0.05, 0.1) is 5.69 Å². The summed E-state index contributed by atoms with van der Waals surface area (Å²) < 4.78 is 0. The molecule has 2 rings (SSSR count). The van der Waals surface area contributed by atoms with Gasteiger partial charge in [-0.15, -0.1) is 0 Å². The van der Waals surface area contributed by atoms with Crippen LogP contribution in [0.15, 0.2) is 54.7 Å². The number of nitrogens with zero attached hydrogens (tertiary/aromatic N) is 2. The Balaban J connectivity index is 1.74. The highest BCUT2D eigenvalue weighted by atomic mass is 16.4. The maximum absolute atomic E-state index is 12.4. The van der Waals surface area contributed by atoms with E-state index in [0.717, 1.165) is 31.6 Å². The van der Waals surface area contributed by atoms with Gasteiger partial charge in [0.15, 0.2) is 0 Å². The minimum atomic E-state index is -1.49. The third-order valence-corrected chi connectivity index (χ3v) is 6.36. The van der Waals surface area contributed by atoms with Crippen molar-refractivity contribution < 1.29 is 39.3 Å². The molecule has 41 heavy (non-hydrogen) atoms. The molecule has 0 saturated carbocycles. The van der Waals surface area contributed by atoms with Crippen molar-refractivity contribution in [1.29, 1.82) is 0 Å². The number of rotatable bonds is 20. The first kappa shape index (κ1) is 32.9. The second-order valence-electron chi connectivity index (χ2n) is 9.74. The molecule has 1 heterocycles. The Kier molecular flexibility index (Phi) is 14.5. The Labute approximate surface area is 238 Å². The smallest absolute Gasteiger partial charge is 0.326 e. The first-order valence-corrected chi connectivity index (χ1v) is 13.6. The molecule has 2 atom stereocenters. The van der Waals surface area contributed by atoms with Crippen molar-refractivity contribution in [2.24, 2.45) is 0 Å². The summed E-state index contributed by atoms with van der Waals surface area (Å²) in [5.41, 5.74) is 2.18. The number of nitrogens with one attached hydrogen (secondary N) is 2. The van der Waals surface area contributed by atoms with Gasteiger partial charge in [-0.2, -0.15) is 0 Å². The fourth-order valence-electron chi connectivity index (χ4n) is 4.18. The molecule has 0 bridgehead atoms. The highest BCUT2D eigenvalue weighted by molar-refractivity contribution is 5.87. The molecule has 222 valence electrons. The maximum atomic E-state index is 12.4. The van der Waals surface area contributed by atoms with Crippen molar-refractivity contribution in [3.63, 3.8) is 0 Å². The second-order valence-corrected chi connectivity index (χ2v) is 9.74. The van der Waals surface area contributed by atoms with Crippen LogP contribution in [0.1, 0.15) is 62.6 Å². The molecule has 0 aliphatic carbocycles. The van der Waals surface area contributed by atoms with E-state index < -0.39 is 42.4 Å². The SMILES string of the molecule is O=C(O)CC[C@H](NC(=O)N[C@@H](CCC(=O)CCCCCN(Cc1ccccc1)Cc1ccccn1)C(=O)O)C(=O)O. The van der Waals surface area contributed by atoms with Crippen molar-refractivity contribution >= 4 is 29.7 Å². The number of aromatic nitrogens is 1. The van der Waals surface area contributed by atoms with Crippen LogP contribution in [0, 0.1) is 0 Å². The third kappa shape index (κ3) is 14.0. The molecule has 0 saturated heterocycles. The molecule has 12 heteroatoms. The summed E-state index contributed by atoms with van der Waals surface area (Å²) in [4.78, 5) is 64.7. The van der Waals surface area contributed by atoms with Crippen LogP contribution in [0.4, 0.5) is 4.79 Å². The third-order valence-electron chi connectivity index (χ3n) is 6.36. The first-order valence-electron chi connectivity index (χ1n) is 13.6. The number of pyridine rings is 1. The lowest BCUT2D eigenvalue weighted by molar-refractivity contribution is -0.141. The highest BCUT2D eigenvalue weighted by Crippen LogP contribution is 2.12. The monoisotopic (exact) mass is 570 g/mol. The number of urea groups is 1. The zero-order valence-electron chi connectivity index (χ0n) is 22.9. The largest absolute Gasteiger partial charge is 0.481 e. The Hall–Kier alpha value is -4.32. The van der Waals surface area contributed by atoms with Crippen LogP contribution in [-0.4, -0.2) is 73.6 Å². The number of unbranched alkanes of at least 4 members (excludes halogenated alkanes) is 2. The van der Waals surface area contributed by atoms with Gasteiger partial charge in [0, 0.05) is 38.5 Å². The van der Waals surface area contributed by atoms with Gasteiger partial charge in [-0.05, 0) is 49.9 Å². The molecule has 0 unspecified atom stereocenters. The van der Waals surface area contributed by atoms with E-state index in [2.05, 4.69) is 32.7 Å². The van der Waals surface area contributed by atoms with Gasteiger partial charge in [0.1, 0.15) is 17.9 Å². The molecule has 1 aromatic carbocycles. The number of carboxylic acid groups (broad SMARTS) is 3. The molecule has 12 nitrogen and oxygen atoms in total. The van der Waals surface area contributed by atoms with Gasteiger partial charge in [-0.1, -0.05) is 42.8 Å². The summed E-state index contributed by atoms with van der Waals surface area (Å²) in [5, 5.41) is 31.5. The number of hydrogen-bond donors (Lipinski definition) is 5. The zero-order chi connectivity index (χ0) is 30.0. The standard InChI is InChI=1S/C29H38N4O8/c34-23(13-14-24(27(37)38)31-29(41)32-25(28(39)40)15-16-26(35)36)12-5-2-8-18-33(19-21-9-3-1-4-10-21)20-22-11-6-7-17-30-22/h1,3-4,6-7,9-11,17,24-25H,2,5,8,12-16,18-20H2,(H,35,36)(H,37,38)(H,39,40)(H2,31,32,41)/t24-,25-/m0/s1. The van der Waals surface area contributed by atoms with Crippen LogP contribution in [0.3, 0.4) is 0 Å². The summed E-state index contributed by atoms with van der Waals surface area (Å²) in [6.07, 6.45) is 3.35. The Bertz CT molecular complexity index is 1090. The number of Topliss-reactive ketones (excluding diaryl/α,β-unsaturated/α-hetero) is 1. The van der Waals surface area contributed by atoms with Crippen molar-refractivity contribution in [1.82, 2.24) is 20.5 Å². The van der Waals surface area contributed by atoms with E-state index >= 15 is 0 Å². The minimum absolute atomic E-state index is 0.0571. The zero-order valence-corrected chi connectivity index (χ0v) is 22.9. The van der Waals surface area contributed by atoms with E-state index in [1.807, 2.05) is 36.4 Å².